The number of nitrogens with one attached hydrogen (secondary N) is 1. The van der Waals surface area contributed by atoms with Crippen molar-refractivity contribution >= 4 is 22.4 Å². The molecule has 0 amide bonds. The van der Waals surface area contributed by atoms with Crippen LogP contribution in [0.1, 0.15) is 36.8 Å². The van der Waals surface area contributed by atoms with E-state index in [-0.39, 0.29) is 24.4 Å². The third-order valence-corrected chi connectivity index (χ3v) is 5.79. The maximum atomic E-state index is 12.5. The lowest BCUT2D eigenvalue weighted by Gasteiger charge is -2.31. The first kappa shape index (κ1) is 18.4. The highest BCUT2D eigenvalue weighted by Gasteiger charge is 2.29. The van der Waals surface area contributed by atoms with Crippen LogP contribution in [0.4, 0.5) is 0 Å². The van der Waals surface area contributed by atoms with E-state index in [1.165, 1.54) is 0 Å². The van der Waals surface area contributed by atoms with Gasteiger partial charge in [-0.05, 0) is 50.8 Å². The summed E-state index contributed by atoms with van der Waals surface area (Å²) in [7, 11) is -3.46. The summed E-state index contributed by atoms with van der Waals surface area (Å²) in [5.41, 5.74) is 7.62. The van der Waals surface area contributed by atoms with E-state index in [1.54, 1.807) is 6.07 Å². The van der Waals surface area contributed by atoms with Crippen molar-refractivity contribution in [1.82, 2.24) is 4.72 Å². The van der Waals surface area contributed by atoms with Gasteiger partial charge in [0.25, 0.3) is 0 Å². The van der Waals surface area contributed by atoms with Gasteiger partial charge in [-0.15, -0.1) is 12.4 Å². The van der Waals surface area contributed by atoms with Gasteiger partial charge in [-0.1, -0.05) is 30.5 Å². The van der Waals surface area contributed by atoms with E-state index in [2.05, 4.69) is 4.72 Å². The summed E-state index contributed by atoms with van der Waals surface area (Å²) < 4.78 is 27.9. The Kier molecular flexibility index (Phi) is 6.66. The highest BCUT2D eigenvalue weighted by molar-refractivity contribution is 7.89. The molecule has 21 heavy (non-hydrogen) atoms. The molecule has 0 heterocycles. The number of hydrogen-bond acceptors (Lipinski definition) is 3. The molecule has 4 nitrogen and oxygen atoms in total. The van der Waals surface area contributed by atoms with Crippen LogP contribution in [0.5, 0.6) is 0 Å². The van der Waals surface area contributed by atoms with E-state index in [0.717, 1.165) is 36.8 Å². The van der Waals surface area contributed by atoms with Gasteiger partial charge in [0.05, 0.1) is 4.90 Å². The molecule has 0 aromatic heterocycles. The Morgan fingerprint density at radius 1 is 1.24 bits per heavy atom. The summed E-state index contributed by atoms with van der Waals surface area (Å²) in [6.45, 7) is 4.34. The topological polar surface area (TPSA) is 72.2 Å². The maximum absolute atomic E-state index is 12.5. The van der Waals surface area contributed by atoms with E-state index in [1.807, 2.05) is 26.0 Å². The van der Waals surface area contributed by atoms with Crippen LogP contribution < -0.4 is 10.5 Å². The van der Waals surface area contributed by atoms with E-state index in [0.29, 0.717) is 11.4 Å². The molecule has 0 bridgehead atoms. The molecule has 120 valence electrons. The third kappa shape index (κ3) is 4.42. The smallest absolute Gasteiger partial charge is 0.241 e. The lowest BCUT2D eigenvalue weighted by molar-refractivity contribution is 0.296. The number of aryl methyl sites for hydroxylation is 2. The predicted octanol–water partition coefficient (Wildman–Crippen LogP) is 2.52. The number of benzene rings is 1. The highest BCUT2D eigenvalue weighted by atomic mass is 35.5. The zero-order valence-electron chi connectivity index (χ0n) is 12.6. The second kappa shape index (κ2) is 7.58. The Morgan fingerprint density at radius 2 is 1.90 bits per heavy atom. The molecule has 0 spiro atoms. The zero-order chi connectivity index (χ0) is 14.8. The Balaban J connectivity index is 0.00000220. The van der Waals surface area contributed by atoms with Crippen molar-refractivity contribution in [2.75, 3.05) is 6.54 Å². The van der Waals surface area contributed by atoms with E-state index >= 15 is 0 Å². The van der Waals surface area contributed by atoms with Crippen LogP contribution in [0, 0.1) is 19.8 Å². The summed E-state index contributed by atoms with van der Waals surface area (Å²) in [6.07, 6.45) is 4.10. The number of nitrogens with two attached hydrogens (primary N) is 1. The number of hydrogen-bond donors (Lipinski definition) is 2. The van der Waals surface area contributed by atoms with Gasteiger partial charge in [0, 0.05) is 6.04 Å². The maximum Gasteiger partial charge on any atom is 0.241 e. The Bertz CT molecular complexity index is 575. The number of halogens is 1. The normalized spacial score (nSPS) is 22.6. The van der Waals surface area contributed by atoms with Crippen LogP contribution in [-0.4, -0.2) is 21.0 Å². The fourth-order valence-electron chi connectivity index (χ4n) is 3.01. The van der Waals surface area contributed by atoms with Gasteiger partial charge in [0.1, 0.15) is 0 Å². The summed E-state index contributed by atoms with van der Waals surface area (Å²) >= 11 is 0. The average molecular weight is 333 g/mol. The summed E-state index contributed by atoms with van der Waals surface area (Å²) in [5, 5.41) is 0. The largest absolute Gasteiger partial charge is 0.330 e. The zero-order valence-corrected chi connectivity index (χ0v) is 14.3. The molecule has 2 atom stereocenters. The van der Waals surface area contributed by atoms with Crippen LogP contribution in [0.15, 0.2) is 23.1 Å². The molecule has 0 saturated heterocycles. The SMILES string of the molecule is Cc1ccc(S(=O)(=O)NC2CCCCC2CN)c(C)c1.Cl. The molecule has 1 aliphatic rings. The first-order valence-corrected chi connectivity index (χ1v) is 8.72. The van der Waals surface area contributed by atoms with Crippen molar-refractivity contribution in [3.8, 4) is 0 Å². The van der Waals surface area contributed by atoms with Gasteiger partial charge in [-0.2, -0.15) is 0 Å². The minimum absolute atomic E-state index is 0. The van der Waals surface area contributed by atoms with Crippen LogP contribution in [0.2, 0.25) is 0 Å². The van der Waals surface area contributed by atoms with Gasteiger partial charge in [-0.25, -0.2) is 13.1 Å². The van der Waals surface area contributed by atoms with Crippen molar-refractivity contribution in [2.24, 2.45) is 11.7 Å². The number of rotatable bonds is 4. The molecule has 1 aromatic carbocycles. The lowest BCUT2D eigenvalue weighted by Crippen LogP contribution is -2.44. The van der Waals surface area contributed by atoms with Crippen LogP contribution >= 0.6 is 12.4 Å². The predicted molar refractivity (Wildman–Crippen MR) is 88.3 cm³/mol. The second-order valence-corrected chi connectivity index (χ2v) is 7.46. The van der Waals surface area contributed by atoms with Gasteiger partial charge in [0.15, 0.2) is 0 Å². The van der Waals surface area contributed by atoms with Gasteiger partial charge in [-0.3, -0.25) is 0 Å². The monoisotopic (exact) mass is 332 g/mol. The molecule has 0 aliphatic heterocycles. The van der Waals surface area contributed by atoms with Gasteiger partial charge >= 0.3 is 0 Å². The van der Waals surface area contributed by atoms with Gasteiger partial charge < -0.3 is 5.73 Å². The van der Waals surface area contributed by atoms with Crippen molar-refractivity contribution in [1.29, 1.82) is 0 Å². The summed E-state index contributed by atoms with van der Waals surface area (Å²) in [4.78, 5) is 0.379. The summed E-state index contributed by atoms with van der Waals surface area (Å²) in [5.74, 6) is 0.254. The van der Waals surface area contributed by atoms with Crippen molar-refractivity contribution < 1.29 is 8.42 Å². The molecule has 2 unspecified atom stereocenters. The van der Waals surface area contributed by atoms with Crippen LogP contribution in [0.25, 0.3) is 0 Å². The first-order valence-electron chi connectivity index (χ1n) is 7.23. The number of sulfonamides is 1. The van der Waals surface area contributed by atoms with E-state index < -0.39 is 10.0 Å². The molecule has 1 fully saturated rings. The fraction of sp³-hybridized carbons (Fsp3) is 0.600. The molecular formula is C15H25ClN2O2S. The quantitative estimate of drug-likeness (QED) is 0.889. The second-order valence-electron chi connectivity index (χ2n) is 5.78. The Hall–Kier alpha value is -0.620. The average Bonchev–Trinajstić information content (AvgIpc) is 2.38. The molecule has 1 aliphatic carbocycles. The molecular weight excluding hydrogens is 308 g/mol. The molecule has 1 saturated carbocycles. The molecule has 6 heteroatoms. The Labute approximate surface area is 134 Å². The minimum atomic E-state index is -3.46. The minimum Gasteiger partial charge on any atom is -0.330 e. The van der Waals surface area contributed by atoms with E-state index in [9.17, 15) is 8.42 Å². The van der Waals surface area contributed by atoms with Crippen molar-refractivity contribution in [3.05, 3.63) is 29.3 Å². The Morgan fingerprint density at radius 3 is 2.52 bits per heavy atom. The van der Waals surface area contributed by atoms with Gasteiger partial charge in [0.2, 0.25) is 10.0 Å². The fourth-order valence-corrected chi connectivity index (χ4v) is 4.57. The highest BCUT2D eigenvalue weighted by Crippen LogP contribution is 2.26. The van der Waals surface area contributed by atoms with Crippen molar-refractivity contribution in [3.63, 3.8) is 0 Å². The summed E-state index contributed by atoms with van der Waals surface area (Å²) in [6, 6.07) is 5.39. The first-order chi connectivity index (χ1) is 9.44. The third-order valence-electron chi connectivity index (χ3n) is 4.14. The molecule has 3 N–H and O–H groups in total. The molecule has 0 radical (unpaired) electrons. The standard InChI is InChI=1S/C15H24N2O2S.ClH/c1-11-7-8-15(12(2)9-11)20(18,19)17-14-6-4-3-5-13(14)10-16;/h7-9,13-14,17H,3-6,10,16H2,1-2H3;1H. The molecule has 2 rings (SSSR count). The molecule has 1 aromatic rings. The lowest BCUT2D eigenvalue weighted by atomic mass is 9.85. The van der Waals surface area contributed by atoms with Crippen molar-refractivity contribution in [2.45, 2.75) is 50.5 Å². The van der Waals surface area contributed by atoms with Crippen LogP contribution in [0.3, 0.4) is 0 Å². The van der Waals surface area contributed by atoms with Crippen LogP contribution in [-0.2, 0) is 10.0 Å². The van der Waals surface area contributed by atoms with E-state index in [4.69, 9.17) is 5.73 Å².